The van der Waals surface area contributed by atoms with Gasteiger partial charge >= 0.3 is 0 Å². The van der Waals surface area contributed by atoms with E-state index in [0.29, 0.717) is 0 Å². The second-order valence-electron chi connectivity index (χ2n) is 4.75. The van der Waals surface area contributed by atoms with Gasteiger partial charge in [-0.3, -0.25) is 0 Å². The average molecular weight is 180 g/mol. The molecule has 1 aliphatic rings. The van der Waals surface area contributed by atoms with E-state index < -0.39 is 5.60 Å². The highest BCUT2D eigenvalue weighted by Gasteiger charge is 2.46. The molecule has 1 nitrogen and oxygen atoms in total. The molecule has 74 valence electrons. The van der Waals surface area contributed by atoms with Gasteiger partial charge in [-0.05, 0) is 44.4 Å². The summed E-state index contributed by atoms with van der Waals surface area (Å²) in [5.74, 6) is 2.65. The molecule has 0 spiro atoms. The van der Waals surface area contributed by atoms with Crippen molar-refractivity contribution in [2.45, 2.75) is 58.0 Å². The molecule has 0 aromatic heterocycles. The zero-order valence-electron chi connectivity index (χ0n) is 8.77. The summed E-state index contributed by atoms with van der Waals surface area (Å²) >= 11 is 0. The molecule has 0 radical (unpaired) electrons. The van der Waals surface area contributed by atoms with Crippen LogP contribution in [0.25, 0.3) is 0 Å². The number of terminal acetylenes is 1. The van der Waals surface area contributed by atoms with Crippen LogP contribution in [-0.2, 0) is 0 Å². The van der Waals surface area contributed by atoms with Crippen molar-refractivity contribution in [1.29, 1.82) is 0 Å². The van der Waals surface area contributed by atoms with E-state index in [9.17, 15) is 5.11 Å². The molecular formula is C12H20O. The first kappa shape index (κ1) is 10.6. The lowest BCUT2D eigenvalue weighted by atomic mass is 9.73. The highest BCUT2D eigenvalue weighted by molar-refractivity contribution is 4.98. The summed E-state index contributed by atoms with van der Waals surface area (Å²) in [5.41, 5.74) is -0.370. The molecule has 0 amide bonds. The molecule has 0 heterocycles. The van der Waals surface area contributed by atoms with Crippen molar-refractivity contribution >= 4 is 0 Å². The maximum absolute atomic E-state index is 10.2. The van der Waals surface area contributed by atoms with Crippen LogP contribution < -0.4 is 0 Å². The van der Waals surface area contributed by atoms with Crippen LogP contribution >= 0.6 is 0 Å². The summed E-state index contributed by atoms with van der Waals surface area (Å²) in [6.45, 7) is 4.16. The molecule has 13 heavy (non-hydrogen) atoms. The van der Waals surface area contributed by atoms with Gasteiger partial charge in [0.25, 0.3) is 0 Å². The molecule has 2 atom stereocenters. The summed E-state index contributed by atoms with van der Waals surface area (Å²) in [4.78, 5) is 0. The van der Waals surface area contributed by atoms with Gasteiger partial charge < -0.3 is 5.11 Å². The van der Waals surface area contributed by atoms with E-state index in [0.717, 1.165) is 38.5 Å². The predicted octanol–water partition coefficient (Wildman–Crippen LogP) is 2.73. The van der Waals surface area contributed by atoms with Crippen LogP contribution in [0, 0.1) is 17.8 Å². The minimum absolute atomic E-state index is 0.101. The summed E-state index contributed by atoms with van der Waals surface area (Å²) in [7, 11) is 0. The Bertz CT molecular complexity index is 212. The van der Waals surface area contributed by atoms with Gasteiger partial charge in [0.15, 0.2) is 0 Å². The molecule has 1 aliphatic carbocycles. The minimum Gasteiger partial charge on any atom is -0.390 e. The summed E-state index contributed by atoms with van der Waals surface area (Å²) in [6.07, 6.45) is 11.4. The fourth-order valence-electron chi connectivity index (χ4n) is 2.37. The predicted molar refractivity (Wildman–Crippen MR) is 55.3 cm³/mol. The van der Waals surface area contributed by atoms with Crippen molar-refractivity contribution in [2.75, 3.05) is 0 Å². The quantitative estimate of drug-likeness (QED) is 0.523. The van der Waals surface area contributed by atoms with Crippen molar-refractivity contribution in [3.63, 3.8) is 0 Å². The molecule has 0 aromatic carbocycles. The van der Waals surface area contributed by atoms with Crippen molar-refractivity contribution < 1.29 is 5.11 Å². The van der Waals surface area contributed by atoms with E-state index in [1.807, 2.05) is 6.92 Å². The molecule has 0 bridgehead atoms. The second-order valence-corrected chi connectivity index (χ2v) is 4.75. The first-order chi connectivity index (χ1) is 6.02. The topological polar surface area (TPSA) is 20.2 Å². The molecule has 0 aliphatic heterocycles. The third kappa shape index (κ3) is 2.06. The van der Waals surface area contributed by atoms with E-state index in [1.54, 1.807) is 0 Å². The summed E-state index contributed by atoms with van der Waals surface area (Å²) < 4.78 is 0. The normalized spacial score (nSPS) is 38.9. The van der Waals surface area contributed by atoms with Crippen molar-refractivity contribution in [3.05, 3.63) is 0 Å². The Labute approximate surface area is 81.5 Å². The molecule has 1 heteroatoms. The van der Waals surface area contributed by atoms with Gasteiger partial charge in [0.1, 0.15) is 0 Å². The van der Waals surface area contributed by atoms with Crippen LogP contribution in [0.5, 0.6) is 0 Å². The maximum atomic E-state index is 10.2. The molecule has 0 saturated heterocycles. The fraction of sp³-hybridized carbons (Fsp3) is 0.833. The van der Waals surface area contributed by atoms with Crippen LogP contribution in [0.15, 0.2) is 0 Å². The van der Waals surface area contributed by atoms with Gasteiger partial charge in [-0.15, -0.1) is 12.3 Å². The van der Waals surface area contributed by atoms with Gasteiger partial charge in [-0.1, -0.05) is 6.92 Å². The Kier molecular flexibility index (Phi) is 3.03. The third-order valence-corrected chi connectivity index (χ3v) is 3.74. The van der Waals surface area contributed by atoms with E-state index >= 15 is 0 Å². The number of rotatable bonds is 3. The molecular weight excluding hydrogens is 160 g/mol. The SMILES string of the molecule is C#CCCCC1(C)CCCC1(C)O. The Morgan fingerprint density at radius 1 is 1.38 bits per heavy atom. The molecule has 1 rings (SSSR count). The van der Waals surface area contributed by atoms with Gasteiger partial charge in [-0.2, -0.15) is 0 Å². The maximum Gasteiger partial charge on any atom is 0.0673 e. The lowest BCUT2D eigenvalue weighted by Crippen LogP contribution is -2.38. The largest absolute Gasteiger partial charge is 0.390 e. The molecule has 1 saturated carbocycles. The lowest BCUT2D eigenvalue weighted by Gasteiger charge is -2.37. The van der Waals surface area contributed by atoms with E-state index in [2.05, 4.69) is 12.8 Å². The third-order valence-electron chi connectivity index (χ3n) is 3.74. The Morgan fingerprint density at radius 3 is 2.54 bits per heavy atom. The number of hydrogen-bond acceptors (Lipinski definition) is 1. The van der Waals surface area contributed by atoms with Gasteiger partial charge in [-0.25, -0.2) is 0 Å². The average Bonchev–Trinajstić information content (AvgIpc) is 2.28. The number of aliphatic hydroxyl groups is 1. The molecule has 0 aromatic rings. The zero-order chi connectivity index (χ0) is 9.95. The zero-order valence-corrected chi connectivity index (χ0v) is 8.77. The van der Waals surface area contributed by atoms with Crippen molar-refractivity contribution in [1.82, 2.24) is 0 Å². The molecule has 2 unspecified atom stereocenters. The standard InChI is InChI=1S/C12H20O/c1-4-5-6-8-11(2)9-7-10-12(11,3)13/h1,13H,5-10H2,2-3H3. The van der Waals surface area contributed by atoms with Gasteiger partial charge in [0, 0.05) is 6.42 Å². The van der Waals surface area contributed by atoms with Crippen LogP contribution in [-0.4, -0.2) is 10.7 Å². The van der Waals surface area contributed by atoms with E-state index in [4.69, 9.17) is 6.42 Å². The van der Waals surface area contributed by atoms with Gasteiger partial charge in [0.05, 0.1) is 5.60 Å². The minimum atomic E-state index is -0.471. The Morgan fingerprint density at radius 2 is 2.08 bits per heavy atom. The first-order valence-corrected chi connectivity index (χ1v) is 5.18. The van der Waals surface area contributed by atoms with E-state index in [-0.39, 0.29) is 5.41 Å². The highest BCUT2D eigenvalue weighted by atomic mass is 16.3. The van der Waals surface area contributed by atoms with Crippen LogP contribution in [0.4, 0.5) is 0 Å². The van der Waals surface area contributed by atoms with Crippen molar-refractivity contribution in [2.24, 2.45) is 5.41 Å². The number of unbranched alkanes of at least 4 members (excludes halogenated alkanes) is 1. The van der Waals surface area contributed by atoms with Gasteiger partial charge in [0.2, 0.25) is 0 Å². The molecule has 1 fully saturated rings. The Balaban J connectivity index is 2.50. The molecule has 1 N–H and O–H groups in total. The fourth-order valence-corrected chi connectivity index (χ4v) is 2.37. The monoisotopic (exact) mass is 180 g/mol. The van der Waals surface area contributed by atoms with Crippen LogP contribution in [0.3, 0.4) is 0 Å². The van der Waals surface area contributed by atoms with Crippen LogP contribution in [0.1, 0.15) is 52.4 Å². The smallest absolute Gasteiger partial charge is 0.0673 e. The lowest BCUT2D eigenvalue weighted by molar-refractivity contribution is -0.0407. The number of hydrogen-bond donors (Lipinski definition) is 1. The summed E-state index contributed by atoms with van der Waals surface area (Å²) in [6, 6.07) is 0. The van der Waals surface area contributed by atoms with Crippen LogP contribution in [0.2, 0.25) is 0 Å². The van der Waals surface area contributed by atoms with Crippen molar-refractivity contribution in [3.8, 4) is 12.3 Å². The second kappa shape index (κ2) is 3.72. The van der Waals surface area contributed by atoms with E-state index in [1.165, 1.54) is 0 Å². The first-order valence-electron chi connectivity index (χ1n) is 5.18. The highest BCUT2D eigenvalue weighted by Crippen LogP contribution is 2.49. The Hall–Kier alpha value is -0.480. The summed E-state index contributed by atoms with van der Waals surface area (Å²) in [5, 5.41) is 10.2.